The second-order valence-corrected chi connectivity index (χ2v) is 3.37. The molecule has 2 heterocycles. The van der Waals surface area contributed by atoms with Crippen molar-refractivity contribution in [2.45, 2.75) is 12.6 Å². The van der Waals surface area contributed by atoms with Crippen molar-refractivity contribution < 1.29 is 14.3 Å². The maximum Gasteiger partial charge on any atom is 0.407 e. The molecule has 2 amide bonds. The molecule has 0 radical (unpaired) electrons. The molecule has 6 nitrogen and oxygen atoms in total. The summed E-state index contributed by atoms with van der Waals surface area (Å²) < 4.78 is 4.62. The molecule has 1 atom stereocenters. The monoisotopic (exact) mass is 221 g/mol. The lowest BCUT2D eigenvalue weighted by atomic mass is 10.2. The van der Waals surface area contributed by atoms with E-state index >= 15 is 0 Å². The second-order valence-electron chi connectivity index (χ2n) is 3.37. The number of nitrogens with zero attached hydrogens (tertiary/aromatic N) is 1. The van der Waals surface area contributed by atoms with Gasteiger partial charge in [0.1, 0.15) is 12.6 Å². The molecule has 84 valence electrons. The van der Waals surface area contributed by atoms with Crippen LogP contribution in [0, 0.1) is 0 Å². The van der Waals surface area contributed by atoms with Gasteiger partial charge in [0.15, 0.2) is 0 Å². The van der Waals surface area contributed by atoms with Crippen molar-refractivity contribution in [1.82, 2.24) is 15.6 Å². The maximum atomic E-state index is 11.5. The number of carbonyl (C=O) groups is 2. The molecule has 1 aromatic rings. The summed E-state index contributed by atoms with van der Waals surface area (Å²) in [6, 6.07) is 3.06. The minimum Gasteiger partial charge on any atom is -0.447 e. The fourth-order valence-corrected chi connectivity index (χ4v) is 1.34. The average molecular weight is 221 g/mol. The van der Waals surface area contributed by atoms with E-state index in [0.717, 1.165) is 5.56 Å². The van der Waals surface area contributed by atoms with Gasteiger partial charge in [-0.25, -0.2) is 4.79 Å². The van der Waals surface area contributed by atoms with Gasteiger partial charge in [0.2, 0.25) is 5.91 Å². The Morgan fingerprint density at radius 2 is 2.56 bits per heavy atom. The van der Waals surface area contributed by atoms with Crippen molar-refractivity contribution in [2.24, 2.45) is 0 Å². The van der Waals surface area contributed by atoms with Gasteiger partial charge in [-0.05, 0) is 11.6 Å². The first-order chi connectivity index (χ1) is 7.75. The number of carbonyl (C=O) groups excluding carboxylic acids is 2. The van der Waals surface area contributed by atoms with Gasteiger partial charge in [-0.15, -0.1) is 0 Å². The van der Waals surface area contributed by atoms with Crippen molar-refractivity contribution in [3.8, 4) is 0 Å². The largest absolute Gasteiger partial charge is 0.447 e. The van der Waals surface area contributed by atoms with Crippen LogP contribution in [0.25, 0.3) is 0 Å². The third kappa shape index (κ3) is 2.47. The van der Waals surface area contributed by atoms with E-state index in [1.807, 2.05) is 6.07 Å². The summed E-state index contributed by atoms with van der Waals surface area (Å²) in [6.45, 7) is 0.469. The topological polar surface area (TPSA) is 80.3 Å². The van der Waals surface area contributed by atoms with Crippen molar-refractivity contribution in [1.29, 1.82) is 0 Å². The molecule has 1 unspecified atom stereocenters. The van der Waals surface area contributed by atoms with Crippen molar-refractivity contribution in [2.75, 3.05) is 6.61 Å². The van der Waals surface area contributed by atoms with Gasteiger partial charge >= 0.3 is 6.09 Å². The molecule has 1 aliphatic heterocycles. The van der Waals surface area contributed by atoms with Crippen LogP contribution in [0.3, 0.4) is 0 Å². The maximum absolute atomic E-state index is 11.5. The van der Waals surface area contributed by atoms with Crippen LogP contribution in [-0.2, 0) is 16.1 Å². The molecule has 16 heavy (non-hydrogen) atoms. The van der Waals surface area contributed by atoms with E-state index in [1.165, 1.54) is 0 Å². The van der Waals surface area contributed by atoms with Crippen LogP contribution < -0.4 is 10.6 Å². The molecular formula is C10H11N3O3. The number of cyclic esters (lactones) is 1. The predicted molar refractivity (Wildman–Crippen MR) is 54.4 cm³/mol. The van der Waals surface area contributed by atoms with Gasteiger partial charge in [-0.3, -0.25) is 9.78 Å². The lowest BCUT2D eigenvalue weighted by Crippen LogP contribution is -2.42. The van der Waals surface area contributed by atoms with E-state index in [4.69, 9.17) is 0 Å². The van der Waals surface area contributed by atoms with Gasteiger partial charge in [0.05, 0.1) is 0 Å². The molecule has 1 aliphatic rings. The summed E-state index contributed by atoms with van der Waals surface area (Å²) in [5.41, 5.74) is 0.904. The summed E-state index contributed by atoms with van der Waals surface area (Å²) in [6.07, 6.45) is 2.78. The van der Waals surface area contributed by atoms with Crippen molar-refractivity contribution in [3.05, 3.63) is 30.1 Å². The Morgan fingerprint density at radius 3 is 3.19 bits per heavy atom. The predicted octanol–water partition coefficient (Wildman–Crippen LogP) is -0.194. The highest BCUT2D eigenvalue weighted by Gasteiger charge is 2.28. The van der Waals surface area contributed by atoms with Gasteiger partial charge < -0.3 is 15.4 Å². The summed E-state index contributed by atoms with van der Waals surface area (Å²) in [5, 5.41) is 5.09. The standard InChI is InChI=1S/C10H11N3O3/c14-9(8-6-16-10(15)13-8)12-5-7-2-1-3-11-4-7/h1-4,8H,5-6H2,(H,12,14)(H,13,15). The molecule has 2 rings (SSSR count). The number of pyridine rings is 1. The van der Waals surface area contributed by atoms with Gasteiger partial charge in [0.25, 0.3) is 0 Å². The Balaban J connectivity index is 1.82. The zero-order chi connectivity index (χ0) is 11.4. The molecule has 0 aromatic carbocycles. The summed E-state index contributed by atoms with van der Waals surface area (Å²) >= 11 is 0. The number of aromatic nitrogens is 1. The minimum atomic E-state index is -0.593. The van der Waals surface area contributed by atoms with E-state index in [0.29, 0.717) is 6.54 Å². The summed E-state index contributed by atoms with van der Waals surface area (Å²) in [4.78, 5) is 26.2. The Kier molecular flexibility index (Phi) is 3.00. The van der Waals surface area contributed by atoms with Crippen LogP contribution >= 0.6 is 0 Å². The third-order valence-corrected chi connectivity index (χ3v) is 2.18. The highest BCUT2D eigenvalue weighted by atomic mass is 16.6. The number of amides is 2. The molecule has 0 spiro atoms. The quantitative estimate of drug-likeness (QED) is 0.741. The van der Waals surface area contributed by atoms with Crippen LogP contribution in [0.1, 0.15) is 5.56 Å². The van der Waals surface area contributed by atoms with Gasteiger partial charge in [0, 0.05) is 18.9 Å². The van der Waals surface area contributed by atoms with Crippen LogP contribution in [0.15, 0.2) is 24.5 Å². The molecule has 1 fully saturated rings. The van der Waals surface area contributed by atoms with E-state index in [9.17, 15) is 9.59 Å². The first-order valence-electron chi connectivity index (χ1n) is 4.85. The lowest BCUT2D eigenvalue weighted by molar-refractivity contribution is -0.122. The van der Waals surface area contributed by atoms with E-state index < -0.39 is 12.1 Å². The Morgan fingerprint density at radius 1 is 1.69 bits per heavy atom. The molecule has 0 saturated carbocycles. The normalized spacial score (nSPS) is 18.8. The molecular weight excluding hydrogens is 210 g/mol. The average Bonchev–Trinajstić information content (AvgIpc) is 2.74. The molecule has 6 heteroatoms. The number of alkyl carbamates (subject to hydrolysis) is 1. The first-order valence-corrected chi connectivity index (χ1v) is 4.85. The van der Waals surface area contributed by atoms with Crippen LogP contribution in [-0.4, -0.2) is 29.6 Å². The Hall–Kier alpha value is -2.11. The first kappa shape index (κ1) is 10.4. The molecule has 2 N–H and O–H groups in total. The van der Waals surface area contributed by atoms with E-state index in [-0.39, 0.29) is 12.5 Å². The zero-order valence-corrected chi connectivity index (χ0v) is 8.47. The van der Waals surface area contributed by atoms with Gasteiger partial charge in [-0.1, -0.05) is 6.07 Å². The Labute approximate surface area is 92.0 Å². The van der Waals surface area contributed by atoms with Crippen molar-refractivity contribution in [3.63, 3.8) is 0 Å². The molecule has 0 aliphatic carbocycles. The number of hydrogen-bond donors (Lipinski definition) is 2. The second kappa shape index (κ2) is 4.61. The lowest BCUT2D eigenvalue weighted by Gasteiger charge is -2.08. The fourth-order valence-electron chi connectivity index (χ4n) is 1.34. The number of ether oxygens (including phenoxy) is 1. The van der Waals surface area contributed by atoms with E-state index in [2.05, 4.69) is 20.4 Å². The molecule has 0 bridgehead atoms. The summed E-state index contributed by atoms with van der Waals surface area (Å²) in [7, 11) is 0. The van der Waals surface area contributed by atoms with Crippen molar-refractivity contribution >= 4 is 12.0 Å². The number of hydrogen-bond acceptors (Lipinski definition) is 4. The highest BCUT2D eigenvalue weighted by molar-refractivity contribution is 5.87. The highest BCUT2D eigenvalue weighted by Crippen LogP contribution is 1.99. The van der Waals surface area contributed by atoms with Crippen LogP contribution in [0.2, 0.25) is 0 Å². The van der Waals surface area contributed by atoms with Crippen LogP contribution in [0.5, 0.6) is 0 Å². The number of nitrogens with one attached hydrogen (secondary N) is 2. The fraction of sp³-hybridized carbons (Fsp3) is 0.300. The molecule has 1 saturated heterocycles. The zero-order valence-electron chi connectivity index (χ0n) is 8.47. The Bertz CT molecular complexity index is 394. The third-order valence-electron chi connectivity index (χ3n) is 2.18. The summed E-state index contributed by atoms with van der Waals surface area (Å²) in [5.74, 6) is -0.255. The molecule has 1 aromatic heterocycles. The number of rotatable bonds is 3. The smallest absolute Gasteiger partial charge is 0.407 e. The van der Waals surface area contributed by atoms with Gasteiger partial charge in [-0.2, -0.15) is 0 Å². The SMILES string of the molecule is O=C1NC(C(=O)NCc2cccnc2)CO1. The minimum absolute atomic E-state index is 0.0811. The van der Waals surface area contributed by atoms with E-state index in [1.54, 1.807) is 18.5 Å². The van der Waals surface area contributed by atoms with Crippen LogP contribution in [0.4, 0.5) is 4.79 Å².